The molecular weight excluding hydrogens is 360 g/mol. The number of aliphatic hydroxyl groups is 1. The number of rotatable bonds is 8. The van der Waals surface area contributed by atoms with Crippen molar-refractivity contribution in [1.82, 2.24) is 0 Å². The van der Waals surface area contributed by atoms with E-state index in [1.165, 1.54) is 11.3 Å². The molecule has 5 heteroatoms. The van der Waals surface area contributed by atoms with Crippen molar-refractivity contribution >= 4 is 23.1 Å². The van der Waals surface area contributed by atoms with Crippen molar-refractivity contribution in [3.05, 3.63) is 94.2 Å². The van der Waals surface area contributed by atoms with Gasteiger partial charge < -0.3 is 9.84 Å². The van der Waals surface area contributed by atoms with Gasteiger partial charge >= 0.3 is 5.97 Å². The topological polar surface area (TPSA) is 63.6 Å². The second-order valence-electron chi connectivity index (χ2n) is 6.08. The maximum absolute atomic E-state index is 12.8. The predicted molar refractivity (Wildman–Crippen MR) is 105 cm³/mol. The maximum Gasteiger partial charge on any atom is 0.347 e. The molecule has 3 aromatic rings. The van der Waals surface area contributed by atoms with Gasteiger partial charge in [0.15, 0.2) is 5.78 Å². The highest BCUT2D eigenvalue weighted by atomic mass is 32.1. The van der Waals surface area contributed by atoms with E-state index in [2.05, 4.69) is 0 Å². The largest absolute Gasteiger partial charge is 0.463 e. The second-order valence-corrected chi connectivity index (χ2v) is 7.03. The van der Waals surface area contributed by atoms with Crippen molar-refractivity contribution in [3.8, 4) is 0 Å². The minimum Gasteiger partial charge on any atom is -0.463 e. The van der Waals surface area contributed by atoms with Gasteiger partial charge in [-0.05, 0) is 29.0 Å². The lowest BCUT2D eigenvalue weighted by atomic mass is 9.86. The summed E-state index contributed by atoms with van der Waals surface area (Å²) in [5.41, 5.74) is -1.01. The third-order valence-corrected chi connectivity index (χ3v) is 5.17. The van der Waals surface area contributed by atoms with E-state index in [1.54, 1.807) is 54.6 Å². The van der Waals surface area contributed by atoms with Crippen LogP contribution < -0.4 is 0 Å². The number of benzene rings is 2. The number of ether oxygens (including phenoxy) is 1. The molecule has 0 unspecified atom stereocenters. The Hall–Kier alpha value is -2.76. The van der Waals surface area contributed by atoms with E-state index >= 15 is 0 Å². The lowest BCUT2D eigenvalue weighted by molar-refractivity contribution is -0.162. The highest BCUT2D eigenvalue weighted by Crippen LogP contribution is 2.31. The number of thiophene rings is 1. The molecule has 0 aliphatic rings. The molecule has 4 nitrogen and oxygen atoms in total. The smallest absolute Gasteiger partial charge is 0.347 e. The zero-order chi connectivity index (χ0) is 19.1. The summed E-state index contributed by atoms with van der Waals surface area (Å²) < 4.78 is 5.35. The Labute approximate surface area is 162 Å². The molecule has 0 aliphatic carbocycles. The minimum absolute atomic E-state index is 0.0300. The van der Waals surface area contributed by atoms with Gasteiger partial charge in [-0.25, -0.2) is 4.79 Å². The van der Waals surface area contributed by atoms with Crippen LogP contribution in [-0.2, 0) is 15.1 Å². The number of carbonyl (C=O) groups is 2. The van der Waals surface area contributed by atoms with Gasteiger partial charge in [0.2, 0.25) is 5.60 Å². The molecule has 2 aromatic carbocycles. The first-order valence-electron chi connectivity index (χ1n) is 8.69. The zero-order valence-corrected chi connectivity index (χ0v) is 15.5. The molecule has 1 aromatic heterocycles. The van der Waals surface area contributed by atoms with Crippen LogP contribution in [0.5, 0.6) is 0 Å². The minimum atomic E-state index is -1.89. The summed E-state index contributed by atoms with van der Waals surface area (Å²) in [6.45, 7) is 0.0674. The van der Waals surface area contributed by atoms with Crippen LogP contribution in [0.4, 0.5) is 0 Å². The van der Waals surface area contributed by atoms with Crippen molar-refractivity contribution in [2.24, 2.45) is 0 Å². The molecule has 0 amide bonds. The van der Waals surface area contributed by atoms with E-state index in [4.69, 9.17) is 4.74 Å². The molecule has 0 atom stereocenters. The monoisotopic (exact) mass is 380 g/mol. The van der Waals surface area contributed by atoms with Crippen molar-refractivity contribution in [3.63, 3.8) is 0 Å². The van der Waals surface area contributed by atoms with E-state index in [0.29, 0.717) is 28.8 Å². The highest BCUT2D eigenvalue weighted by molar-refractivity contribution is 7.12. The molecule has 0 saturated heterocycles. The maximum atomic E-state index is 12.8. The average Bonchev–Trinajstić information content (AvgIpc) is 3.26. The fourth-order valence-electron chi connectivity index (χ4n) is 2.82. The van der Waals surface area contributed by atoms with Crippen LogP contribution in [0.1, 0.15) is 33.6 Å². The summed E-state index contributed by atoms with van der Waals surface area (Å²) in [4.78, 5) is 25.5. The summed E-state index contributed by atoms with van der Waals surface area (Å²) >= 11 is 1.40. The molecule has 0 radical (unpaired) electrons. The number of hydrogen-bond donors (Lipinski definition) is 1. The van der Waals surface area contributed by atoms with Gasteiger partial charge in [0.1, 0.15) is 0 Å². The summed E-state index contributed by atoms with van der Waals surface area (Å²) in [7, 11) is 0. The van der Waals surface area contributed by atoms with Gasteiger partial charge in [-0.2, -0.15) is 0 Å². The molecule has 1 N–H and O–H groups in total. The average molecular weight is 380 g/mol. The van der Waals surface area contributed by atoms with E-state index in [1.807, 2.05) is 23.6 Å². The Morgan fingerprint density at radius 2 is 1.48 bits per heavy atom. The van der Waals surface area contributed by atoms with Crippen molar-refractivity contribution in [1.29, 1.82) is 0 Å². The van der Waals surface area contributed by atoms with Crippen LogP contribution in [0.3, 0.4) is 0 Å². The number of Topliss-reactive ketones (excluding diaryl/α,β-unsaturated/α-hetero) is 1. The Bertz CT molecular complexity index is 834. The normalized spacial score (nSPS) is 11.1. The predicted octanol–water partition coefficient (Wildman–Crippen LogP) is 4.19. The lowest BCUT2D eigenvalue weighted by Gasteiger charge is -2.27. The molecule has 0 fully saturated rings. The van der Waals surface area contributed by atoms with Crippen LogP contribution in [0.15, 0.2) is 78.2 Å². The van der Waals surface area contributed by atoms with Crippen LogP contribution in [0, 0.1) is 0 Å². The first-order chi connectivity index (χ1) is 13.1. The molecular formula is C22H20O4S. The Morgan fingerprint density at radius 3 is 2.00 bits per heavy atom. The summed E-state index contributed by atoms with van der Waals surface area (Å²) in [5, 5.41) is 13.1. The van der Waals surface area contributed by atoms with Crippen molar-refractivity contribution in [2.45, 2.75) is 18.4 Å². The first-order valence-corrected chi connectivity index (χ1v) is 9.57. The third-order valence-electron chi connectivity index (χ3n) is 4.26. The highest BCUT2D eigenvalue weighted by Gasteiger charge is 2.41. The van der Waals surface area contributed by atoms with Gasteiger partial charge in [-0.15, -0.1) is 11.3 Å². The Kier molecular flexibility index (Phi) is 6.16. The van der Waals surface area contributed by atoms with E-state index < -0.39 is 11.6 Å². The molecule has 3 rings (SSSR count). The third kappa shape index (κ3) is 4.32. The summed E-state index contributed by atoms with van der Waals surface area (Å²) in [6.07, 6.45) is 0.699. The fourth-order valence-corrected chi connectivity index (χ4v) is 3.52. The van der Waals surface area contributed by atoms with Gasteiger partial charge in [0, 0.05) is 6.42 Å². The molecule has 0 saturated carbocycles. The van der Waals surface area contributed by atoms with Crippen LogP contribution in [0.25, 0.3) is 0 Å². The standard InChI is InChI=1S/C22H20O4S/c23-19(20-14-8-16-27-20)13-7-15-26-21(24)22(25,17-9-3-1-4-10-17)18-11-5-2-6-12-18/h1-6,8-12,14,16,25H,7,13,15H2. The summed E-state index contributed by atoms with van der Waals surface area (Å²) in [6, 6.07) is 21.0. The van der Waals surface area contributed by atoms with Gasteiger partial charge in [0.25, 0.3) is 0 Å². The number of hydrogen-bond acceptors (Lipinski definition) is 5. The van der Waals surface area contributed by atoms with E-state index in [-0.39, 0.29) is 12.4 Å². The molecule has 1 heterocycles. The molecule has 0 aliphatic heterocycles. The molecule has 0 bridgehead atoms. The van der Waals surface area contributed by atoms with E-state index in [9.17, 15) is 14.7 Å². The quantitative estimate of drug-likeness (QED) is 0.362. The van der Waals surface area contributed by atoms with Crippen molar-refractivity contribution in [2.75, 3.05) is 6.61 Å². The number of carbonyl (C=O) groups excluding carboxylic acids is 2. The SMILES string of the molecule is O=C(CCCOC(=O)C(O)(c1ccccc1)c1ccccc1)c1cccs1. The molecule has 0 spiro atoms. The van der Waals surface area contributed by atoms with Crippen molar-refractivity contribution < 1.29 is 19.4 Å². The summed E-state index contributed by atoms with van der Waals surface area (Å²) in [5.74, 6) is -0.717. The molecule has 27 heavy (non-hydrogen) atoms. The van der Waals surface area contributed by atoms with Crippen LogP contribution in [-0.4, -0.2) is 23.5 Å². The van der Waals surface area contributed by atoms with Gasteiger partial charge in [0.05, 0.1) is 11.5 Å². The zero-order valence-electron chi connectivity index (χ0n) is 14.7. The molecule has 138 valence electrons. The van der Waals surface area contributed by atoms with Crippen LogP contribution in [0.2, 0.25) is 0 Å². The Balaban J connectivity index is 1.68. The van der Waals surface area contributed by atoms with Crippen LogP contribution >= 0.6 is 11.3 Å². The fraction of sp³-hybridized carbons (Fsp3) is 0.182. The Morgan fingerprint density at radius 1 is 0.889 bits per heavy atom. The lowest BCUT2D eigenvalue weighted by Crippen LogP contribution is -2.38. The second kappa shape index (κ2) is 8.75. The van der Waals surface area contributed by atoms with Gasteiger partial charge in [-0.3, -0.25) is 4.79 Å². The number of esters is 1. The van der Waals surface area contributed by atoms with Gasteiger partial charge in [-0.1, -0.05) is 66.7 Å². The first kappa shape index (κ1) is 19.0. The number of ketones is 1. The van der Waals surface area contributed by atoms with E-state index in [0.717, 1.165) is 0 Å².